The maximum atomic E-state index is 12.7. The highest BCUT2D eigenvalue weighted by molar-refractivity contribution is 5.94. The van der Waals surface area contributed by atoms with E-state index in [0.717, 1.165) is 12.1 Å². The van der Waals surface area contributed by atoms with Crippen molar-refractivity contribution in [1.29, 1.82) is 0 Å². The van der Waals surface area contributed by atoms with Crippen molar-refractivity contribution in [2.24, 2.45) is 0 Å². The van der Waals surface area contributed by atoms with Crippen LogP contribution in [0.15, 0.2) is 18.5 Å². The third kappa shape index (κ3) is 3.42. The van der Waals surface area contributed by atoms with Gasteiger partial charge in [-0.15, -0.1) is 0 Å². The molecule has 1 aromatic heterocycles. The molecule has 0 aliphatic carbocycles. The fraction of sp³-hybridized carbons (Fsp3) is 0.588. The highest BCUT2D eigenvalue weighted by atomic mass is 16.5. The van der Waals surface area contributed by atoms with Gasteiger partial charge in [0, 0.05) is 38.6 Å². The van der Waals surface area contributed by atoms with Crippen LogP contribution in [0.3, 0.4) is 0 Å². The van der Waals surface area contributed by atoms with Crippen LogP contribution in [0.1, 0.15) is 15.9 Å². The zero-order valence-corrected chi connectivity index (χ0v) is 14.4. The van der Waals surface area contributed by atoms with Crippen molar-refractivity contribution < 1.29 is 14.3 Å². The molecule has 2 fully saturated rings. The molecular formula is C17H24N4O3. The number of morpholine rings is 1. The lowest BCUT2D eigenvalue weighted by Crippen LogP contribution is -2.55. The minimum Gasteiger partial charge on any atom is -0.364 e. The van der Waals surface area contributed by atoms with Gasteiger partial charge >= 0.3 is 0 Å². The van der Waals surface area contributed by atoms with Crippen LogP contribution >= 0.6 is 0 Å². The fourth-order valence-corrected chi connectivity index (χ4v) is 3.28. The number of likely N-dealkylation sites (tertiary alicyclic amines) is 1. The minimum atomic E-state index is -0.105. The Morgan fingerprint density at radius 2 is 2.17 bits per heavy atom. The smallest absolute Gasteiger partial charge is 0.255 e. The molecule has 24 heavy (non-hydrogen) atoms. The van der Waals surface area contributed by atoms with Gasteiger partial charge in [-0.1, -0.05) is 0 Å². The molecule has 2 amide bonds. The molecule has 0 unspecified atom stereocenters. The van der Waals surface area contributed by atoms with E-state index in [0.29, 0.717) is 25.2 Å². The summed E-state index contributed by atoms with van der Waals surface area (Å²) in [7, 11) is 3.97. The molecule has 2 aliphatic heterocycles. The molecule has 0 N–H and O–H groups in total. The molecule has 0 spiro atoms. The minimum absolute atomic E-state index is 0.00428. The first-order valence-electron chi connectivity index (χ1n) is 8.22. The monoisotopic (exact) mass is 332 g/mol. The number of fused-ring (bicyclic) bond motifs is 1. The summed E-state index contributed by atoms with van der Waals surface area (Å²) in [5.74, 6) is -0.0474. The van der Waals surface area contributed by atoms with E-state index >= 15 is 0 Å². The predicted octanol–water partition coefficient (Wildman–Crippen LogP) is 0.00342. The number of pyridine rings is 1. The molecule has 2 aliphatic rings. The number of carbonyl (C=O) groups is 2. The van der Waals surface area contributed by atoms with E-state index in [1.54, 1.807) is 17.3 Å². The average molecular weight is 332 g/mol. The van der Waals surface area contributed by atoms with Crippen molar-refractivity contribution in [2.75, 3.05) is 46.9 Å². The van der Waals surface area contributed by atoms with Crippen molar-refractivity contribution in [3.8, 4) is 0 Å². The predicted molar refractivity (Wildman–Crippen MR) is 88.7 cm³/mol. The van der Waals surface area contributed by atoms with E-state index in [4.69, 9.17) is 4.74 Å². The SMILES string of the molecule is Cc1cncc(C(=O)N2C[C@@H]3[C@@H](C2)OCC(=O)N3CCN(C)C)c1. The molecule has 0 aromatic carbocycles. The second-order valence-electron chi connectivity index (χ2n) is 6.77. The molecule has 1 aromatic rings. The number of likely N-dealkylation sites (N-methyl/N-ethyl adjacent to an activating group) is 1. The number of aromatic nitrogens is 1. The third-order valence-electron chi connectivity index (χ3n) is 4.58. The van der Waals surface area contributed by atoms with Crippen molar-refractivity contribution in [2.45, 2.75) is 19.1 Å². The molecule has 0 bridgehead atoms. The summed E-state index contributed by atoms with van der Waals surface area (Å²) in [6.07, 6.45) is 3.21. The summed E-state index contributed by atoms with van der Waals surface area (Å²) in [4.78, 5) is 34.7. The van der Waals surface area contributed by atoms with E-state index in [-0.39, 0.29) is 30.6 Å². The first-order valence-corrected chi connectivity index (χ1v) is 8.22. The fourth-order valence-electron chi connectivity index (χ4n) is 3.28. The number of rotatable bonds is 4. The Bertz CT molecular complexity index is 634. The van der Waals surface area contributed by atoms with Crippen LogP contribution in [0.5, 0.6) is 0 Å². The summed E-state index contributed by atoms with van der Waals surface area (Å²) in [6, 6.07) is 1.78. The molecule has 3 rings (SSSR count). The number of ether oxygens (including phenoxy) is 1. The molecule has 130 valence electrons. The van der Waals surface area contributed by atoms with Crippen LogP contribution in [0.2, 0.25) is 0 Å². The van der Waals surface area contributed by atoms with E-state index in [1.807, 2.05) is 36.9 Å². The molecule has 7 heteroatoms. The summed E-state index contributed by atoms with van der Waals surface area (Å²) in [5.41, 5.74) is 1.54. The number of aryl methyl sites for hydroxylation is 1. The Labute approximate surface area is 142 Å². The van der Waals surface area contributed by atoms with Crippen molar-refractivity contribution in [3.63, 3.8) is 0 Å². The van der Waals surface area contributed by atoms with Crippen LogP contribution in [-0.2, 0) is 9.53 Å². The lowest BCUT2D eigenvalue weighted by atomic mass is 10.1. The Morgan fingerprint density at radius 3 is 2.88 bits per heavy atom. The van der Waals surface area contributed by atoms with Crippen molar-refractivity contribution in [3.05, 3.63) is 29.6 Å². The topological polar surface area (TPSA) is 66.0 Å². The standard InChI is InChI=1S/C17H24N4O3/c1-12-6-13(8-18-7-12)17(23)20-9-14-15(10-20)24-11-16(22)21(14)5-4-19(2)3/h6-8,14-15H,4-5,9-11H2,1-3H3/t14-,15-/m1/s1. The van der Waals surface area contributed by atoms with Gasteiger partial charge in [0.15, 0.2) is 0 Å². The Balaban J connectivity index is 1.72. The van der Waals surface area contributed by atoms with Gasteiger partial charge < -0.3 is 19.4 Å². The molecule has 7 nitrogen and oxygen atoms in total. The number of amides is 2. The van der Waals surface area contributed by atoms with Gasteiger partial charge in [-0.2, -0.15) is 0 Å². The van der Waals surface area contributed by atoms with Crippen molar-refractivity contribution >= 4 is 11.8 Å². The Kier molecular flexibility index (Phi) is 4.82. The highest BCUT2D eigenvalue weighted by Crippen LogP contribution is 2.24. The van der Waals surface area contributed by atoms with Gasteiger partial charge in [0.05, 0.1) is 17.7 Å². The van der Waals surface area contributed by atoms with Gasteiger partial charge in [0.2, 0.25) is 5.91 Å². The lowest BCUT2D eigenvalue weighted by Gasteiger charge is -2.37. The van der Waals surface area contributed by atoms with Gasteiger partial charge in [-0.3, -0.25) is 14.6 Å². The summed E-state index contributed by atoms with van der Waals surface area (Å²) in [6.45, 7) is 4.50. The Morgan fingerprint density at radius 1 is 1.38 bits per heavy atom. The molecular weight excluding hydrogens is 308 g/mol. The lowest BCUT2D eigenvalue weighted by molar-refractivity contribution is -0.153. The van der Waals surface area contributed by atoms with E-state index in [2.05, 4.69) is 4.98 Å². The second kappa shape index (κ2) is 6.86. The number of hydrogen-bond donors (Lipinski definition) is 0. The Hall–Kier alpha value is -1.99. The average Bonchev–Trinajstić information content (AvgIpc) is 2.97. The van der Waals surface area contributed by atoms with Crippen LogP contribution in [-0.4, -0.2) is 90.5 Å². The zero-order chi connectivity index (χ0) is 17.3. The van der Waals surface area contributed by atoms with Crippen LogP contribution in [0, 0.1) is 6.92 Å². The van der Waals surface area contributed by atoms with Crippen molar-refractivity contribution in [1.82, 2.24) is 19.7 Å². The maximum Gasteiger partial charge on any atom is 0.255 e. The number of carbonyl (C=O) groups excluding carboxylic acids is 2. The van der Waals surface area contributed by atoms with Crippen LogP contribution in [0.4, 0.5) is 0 Å². The normalized spacial score (nSPS) is 23.8. The van der Waals surface area contributed by atoms with Gasteiger partial charge in [0.1, 0.15) is 6.61 Å². The molecule has 2 atom stereocenters. The summed E-state index contributed by atoms with van der Waals surface area (Å²) >= 11 is 0. The zero-order valence-electron chi connectivity index (χ0n) is 14.4. The summed E-state index contributed by atoms with van der Waals surface area (Å²) in [5, 5.41) is 0. The largest absolute Gasteiger partial charge is 0.364 e. The van der Waals surface area contributed by atoms with Crippen LogP contribution in [0.25, 0.3) is 0 Å². The number of hydrogen-bond acceptors (Lipinski definition) is 5. The van der Waals surface area contributed by atoms with Crippen LogP contribution < -0.4 is 0 Å². The van der Waals surface area contributed by atoms with E-state index < -0.39 is 0 Å². The first-order chi connectivity index (χ1) is 11.5. The molecule has 2 saturated heterocycles. The van der Waals surface area contributed by atoms with E-state index in [9.17, 15) is 9.59 Å². The van der Waals surface area contributed by atoms with Gasteiger partial charge in [-0.05, 0) is 32.6 Å². The third-order valence-corrected chi connectivity index (χ3v) is 4.58. The van der Waals surface area contributed by atoms with Gasteiger partial charge in [0.25, 0.3) is 5.91 Å². The molecule has 0 saturated carbocycles. The highest BCUT2D eigenvalue weighted by Gasteiger charge is 2.44. The van der Waals surface area contributed by atoms with E-state index in [1.165, 1.54) is 0 Å². The quantitative estimate of drug-likeness (QED) is 0.777. The maximum absolute atomic E-state index is 12.7. The first kappa shape index (κ1) is 16.9. The molecule has 0 radical (unpaired) electrons. The summed E-state index contributed by atoms with van der Waals surface area (Å²) < 4.78 is 5.68. The molecule has 3 heterocycles. The second-order valence-corrected chi connectivity index (χ2v) is 6.77. The number of nitrogens with zero attached hydrogens (tertiary/aromatic N) is 4. The van der Waals surface area contributed by atoms with Gasteiger partial charge in [-0.25, -0.2) is 0 Å².